The summed E-state index contributed by atoms with van der Waals surface area (Å²) in [6.07, 6.45) is 5.60. The van der Waals surface area contributed by atoms with Gasteiger partial charge in [0.1, 0.15) is 5.92 Å². The fourth-order valence-electron chi connectivity index (χ4n) is 3.44. The molecule has 0 unspecified atom stereocenters. The minimum atomic E-state index is -0.910. The maximum Gasteiger partial charge on any atom is 0.243 e. The number of hydrogen-bond acceptors (Lipinski definition) is 5. The molecule has 1 atom stereocenters. The largest absolute Gasteiger partial charge is 0.342 e. The predicted molar refractivity (Wildman–Crippen MR) is 95.8 cm³/mol. The standard InChI is InChI=1S/C18H24N4O2S/c1-18(2)13(9-19)16(24)21-17(14(18)10-20)25-11-15(23)22(3)12-7-5-4-6-8-12/h12-13H,4-8,11H2,1-3H3,(H,21,24)/t13-/m0/s1. The van der Waals surface area contributed by atoms with Gasteiger partial charge in [0.2, 0.25) is 11.8 Å². The molecule has 0 aromatic rings. The number of hydrogen-bond donors (Lipinski definition) is 1. The Morgan fingerprint density at radius 3 is 2.52 bits per heavy atom. The maximum absolute atomic E-state index is 12.5. The van der Waals surface area contributed by atoms with E-state index in [-0.39, 0.29) is 17.7 Å². The van der Waals surface area contributed by atoms with Crippen LogP contribution < -0.4 is 5.32 Å². The number of thioether (sulfide) groups is 1. The highest BCUT2D eigenvalue weighted by atomic mass is 32.2. The van der Waals surface area contributed by atoms with Crippen molar-refractivity contribution in [1.82, 2.24) is 10.2 Å². The zero-order valence-corrected chi connectivity index (χ0v) is 15.8. The van der Waals surface area contributed by atoms with E-state index in [9.17, 15) is 20.1 Å². The Balaban J connectivity index is 2.09. The van der Waals surface area contributed by atoms with E-state index in [1.54, 1.807) is 18.7 Å². The molecule has 2 aliphatic rings. The normalized spacial score (nSPS) is 23.4. The summed E-state index contributed by atoms with van der Waals surface area (Å²) in [7, 11) is 1.83. The van der Waals surface area contributed by atoms with Gasteiger partial charge in [-0.3, -0.25) is 9.59 Å². The van der Waals surface area contributed by atoms with E-state index in [4.69, 9.17) is 0 Å². The summed E-state index contributed by atoms with van der Waals surface area (Å²) in [4.78, 5) is 26.4. The zero-order chi connectivity index (χ0) is 18.6. The van der Waals surface area contributed by atoms with Crippen LogP contribution in [0, 0.1) is 34.0 Å². The molecule has 1 aliphatic heterocycles. The Bertz CT molecular complexity index is 666. The lowest BCUT2D eigenvalue weighted by molar-refractivity contribution is -0.129. The molecule has 1 fully saturated rings. The number of carbonyl (C=O) groups is 2. The van der Waals surface area contributed by atoms with Crippen LogP contribution in [0.5, 0.6) is 0 Å². The van der Waals surface area contributed by atoms with Crippen molar-refractivity contribution in [2.45, 2.75) is 52.0 Å². The Morgan fingerprint density at radius 2 is 1.96 bits per heavy atom. The van der Waals surface area contributed by atoms with Gasteiger partial charge < -0.3 is 10.2 Å². The van der Waals surface area contributed by atoms with Crippen molar-refractivity contribution in [3.05, 3.63) is 10.6 Å². The highest BCUT2D eigenvalue weighted by molar-refractivity contribution is 8.03. The van der Waals surface area contributed by atoms with Gasteiger partial charge in [-0.2, -0.15) is 10.5 Å². The number of nitriles is 2. The second-order valence-electron chi connectivity index (χ2n) is 7.17. The first-order valence-electron chi connectivity index (χ1n) is 8.56. The molecule has 7 heteroatoms. The second-order valence-corrected chi connectivity index (χ2v) is 8.16. The molecule has 2 amide bonds. The van der Waals surface area contributed by atoms with E-state index >= 15 is 0 Å². The Labute approximate surface area is 153 Å². The number of nitrogens with zero attached hydrogens (tertiary/aromatic N) is 3. The summed E-state index contributed by atoms with van der Waals surface area (Å²) in [5.41, 5.74) is -0.510. The van der Waals surface area contributed by atoms with E-state index in [0.29, 0.717) is 10.6 Å². The van der Waals surface area contributed by atoms with Crippen molar-refractivity contribution >= 4 is 23.6 Å². The smallest absolute Gasteiger partial charge is 0.243 e. The van der Waals surface area contributed by atoms with E-state index in [1.807, 2.05) is 13.1 Å². The summed E-state index contributed by atoms with van der Waals surface area (Å²) in [6.45, 7) is 3.43. The van der Waals surface area contributed by atoms with Gasteiger partial charge in [0.05, 0.1) is 28.5 Å². The molecule has 0 spiro atoms. The number of nitrogens with one attached hydrogen (secondary N) is 1. The van der Waals surface area contributed by atoms with Crippen molar-refractivity contribution in [2.24, 2.45) is 11.3 Å². The molecule has 134 valence electrons. The van der Waals surface area contributed by atoms with E-state index in [0.717, 1.165) is 25.7 Å². The average Bonchev–Trinajstić information content (AvgIpc) is 2.59. The van der Waals surface area contributed by atoms with Crippen molar-refractivity contribution in [2.75, 3.05) is 12.8 Å². The summed E-state index contributed by atoms with van der Waals surface area (Å²) >= 11 is 1.17. The number of amides is 2. The predicted octanol–water partition coefficient (Wildman–Crippen LogP) is 2.54. The van der Waals surface area contributed by atoms with Crippen LogP contribution in [0.2, 0.25) is 0 Å². The highest BCUT2D eigenvalue weighted by Gasteiger charge is 2.44. The van der Waals surface area contributed by atoms with Crippen LogP contribution in [0.15, 0.2) is 10.6 Å². The maximum atomic E-state index is 12.5. The van der Waals surface area contributed by atoms with Crippen molar-refractivity contribution in [3.63, 3.8) is 0 Å². The third-order valence-corrected chi connectivity index (χ3v) is 6.17. The van der Waals surface area contributed by atoms with Gasteiger partial charge in [-0.15, -0.1) is 0 Å². The van der Waals surface area contributed by atoms with Crippen LogP contribution in [0.4, 0.5) is 0 Å². The molecule has 0 aromatic heterocycles. The molecular weight excluding hydrogens is 336 g/mol. The topological polar surface area (TPSA) is 97.0 Å². The van der Waals surface area contributed by atoms with Gasteiger partial charge in [0.15, 0.2) is 0 Å². The van der Waals surface area contributed by atoms with Crippen LogP contribution in [0.25, 0.3) is 0 Å². The van der Waals surface area contributed by atoms with Crippen molar-refractivity contribution in [3.8, 4) is 12.1 Å². The van der Waals surface area contributed by atoms with Crippen molar-refractivity contribution < 1.29 is 9.59 Å². The van der Waals surface area contributed by atoms with Crippen LogP contribution in [0.1, 0.15) is 46.0 Å². The molecular formula is C18H24N4O2S. The van der Waals surface area contributed by atoms with Crippen LogP contribution in [-0.2, 0) is 9.59 Å². The Morgan fingerprint density at radius 1 is 1.32 bits per heavy atom. The lowest BCUT2D eigenvalue weighted by Crippen LogP contribution is -2.45. The van der Waals surface area contributed by atoms with Gasteiger partial charge in [0.25, 0.3) is 0 Å². The third-order valence-electron chi connectivity index (χ3n) is 5.19. The quantitative estimate of drug-likeness (QED) is 0.831. The van der Waals surface area contributed by atoms with Crippen LogP contribution in [-0.4, -0.2) is 35.6 Å². The van der Waals surface area contributed by atoms with E-state index < -0.39 is 17.2 Å². The molecule has 0 aromatic carbocycles. The minimum absolute atomic E-state index is 0.00356. The minimum Gasteiger partial charge on any atom is -0.342 e. The van der Waals surface area contributed by atoms with Crippen LogP contribution in [0.3, 0.4) is 0 Å². The van der Waals surface area contributed by atoms with Gasteiger partial charge in [-0.1, -0.05) is 44.9 Å². The SMILES string of the molecule is CN(C(=O)CSC1=C(C#N)C(C)(C)[C@@H](C#N)C(=O)N1)C1CCCCC1. The molecule has 1 saturated carbocycles. The molecule has 6 nitrogen and oxygen atoms in total. The molecule has 1 aliphatic carbocycles. The monoisotopic (exact) mass is 360 g/mol. The Kier molecular flexibility index (Phi) is 6.13. The summed E-state index contributed by atoms with van der Waals surface area (Å²) in [5, 5.41) is 21.8. The first-order chi connectivity index (χ1) is 11.8. The summed E-state index contributed by atoms with van der Waals surface area (Å²) in [5.74, 6) is -1.16. The molecule has 25 heavy (non-hydrogen) atoms. The summed E-state index contributed by atoms with van der Waals surface area (Å²) in [6, 6.07) is 4.37. The molecule has 0 saturated heterocycles. The third kappa shape index (κ3) is 3.99. The first kappa shape index (κ1) is 19.3. The molecule has 1 heterocycles. The van der Waals surface area contributed by atoms with Gasteiger partial charge in [-0.25, -0.2) is 0 Å². The molecule has 1 N–H and O–H groups in total. The fraction of sp³-hybridized carbons (Fsp3) is 0.667. The summed E-state index contributed by atoms with van der Waals surface area (Å²) < 4.78 is 0. The van der Waals surface area contributed by atoms with Crippen molar-refractivity contribution in [1.29, 1.82) is 10.5 Å². The zero-order valence-electron chi connectivity index (χ0n) is 15.0. The van der Waals surface area contributed by atoms with E-state index in [2.05, 4.69) is 11.4 Å². The molecule has 2 rings (SSSR count). The number of carbonyl (C=O) groups excluding carboxylic acids is 2. The van der Waals surface area contributed by atoms with Gasteiger partial charge in [0, 0.05) is 18.5 Å². The Hall–Kier alpha value is -1.99. The van der Waals surface area contributed by atoms with E-state index in [1.165, 1.54) is 18.2 Å². The fourth-order valence-corrected chi connectivity index (χ4v) is 4.54. The van der Waals surface area contributed by atoms with Gasteiger partial charge >= 0.3 is 0 Å². The number of allylic oxidation sites excluding steroid dienone is 1. The first-order valence-corrected chi connectivity index (χ1v) is 9.55. The lowest BCUT2D eigenvalue weighted by atomic mass is 9.72. The highest BCUT2D eigenvalue weighted by Crippen LogP contribution is 2.41. The second kappa shape index (κ2) is 7.93. The number of rotatable bonds is 4. The lowest BCUT2D eigenvalue weighted by Gasteiger charge is -2.35. The molecule has 0 bridgehead atoms. The molecule has 0 radical (unpaired) electrons. The van der Waals surface area contributed by atoms with Crippen LogP contribution >= 0.6 is 11.8 Å². The van der Waals surface area contributed by atoms with Gasteiger partial charge in [-0.05, 0) is 12.8 Å². The average molecular weight is 360 g/mol.